The molecule has 6 aromatic carbocycles. The van der Waals surface area contributed by atoms with E-state index in [4.69, 9.17) is 37.4 Å². The van der Waals surface area contributed by atoms with Gasteiger partial charge in [-0.15, -0.1) is 35.3 Å². The van der Waals surface area contributed by atoms with Crippen molar-refractivity contribution in [3.05, 3.63) is 192 Å². The van der Waals surface area contributed by atoms with Gasteiger partial charge in [-0.05, 0) is 93.5 Å². The zero-order chi connectivity index (χ0) is 91.4. The summed E-state index contributed by atoms with van der Waals surface area (Å²) in [5.74, 6) is -5.26. The smallest absolute Gasteiger partial charge is 0.374 e. The summed E-state index contributed by atoms with van der Waals surface area (Å²) in [6.45, 7) is 16.0. The number of ether oxygens (including phenoxy) is 3. The van der Waals surface area contributed by atoms with E-state index >= 15 is 8.78 Å². The van der Waals surface area contributed by atoms with Crippen LogP contribution in [0.4, 0.5) is 78.9 Å². The van der Waals surface area contributed by atoms with Crippen molar-refractivity contribution >= 4 is 126 Å². The van der Waals surface area contributed by atoms with Crippen molar-refractivity contribution in [2.75, 3.05) is 171 Å². The number of carbonyl (C=O) groups excluding carboxylic acids is 3. The Morgan fingerprint density at radius 1 is 0.433 bits per heavy atom. The van der Waals surface area contributed by atoms with Crippen molar-refractivity contribution in [2.45, 2.75) is 71.2 Å². The molecule has 3 N–H and O–H groups in total. The van der Waals surface area contributed by atoms with E-state index in [1.807, 2.05) is 0 Å². The molecule has 127 heavy (non-hydrogen) atoms. The number of piperazine rings is 3. The van der Waals surface area contributed by atoms with Crippen LogP contribution in [0.5, 0.6) is 0 Å². The van der Waals surface area contributed by atoms with Crippen LogP contribution in [-0.2, 0) is 66.8 Å². The molecule has 3 amide bonds. The van der Waals surface area contributed by atoms with Crippen molar-refractivity contribution < 1.29 is 90.1 Å². The number of benzene rings is 6. The van der Waals surface area contributed by atoms with E-state index in [1.54, 1.807) is 45.6 Å². The fraction of sp³-hybridized carbons (Fsp3) is 0.393. The number of likely N-dealkylation sites (N-methyl/N-ethyl adjacent to an activating group) is 3. The van der Waals surface area contributed by atoms with Gasteiger partial charge in [-0.3, -0.25) is 28.1 Å². The molecular weight excluding hydrogens is 1800 g/mol. The van der Waals surface area contributed by atoms with E-state index in [1.165, 1.54) is 42.9 Å². The van der Waals surface area contributed by atoms with E-state index in [0.29, 0.717) is 63.6 Å². The number of carbonyl (C=O) groups is 3. The Kier molecular flexibility index (Phi) is 29.9. The van der Waals surface area contributed by atoms with Gasteiger partial charge in [0, 0.05) is 186 Å². The van der Waals surface area contributed by atoms with Gasteiger partial charge in [0.1, 0.15) is 46.5 Å². The number of halogens is 16. The molecule has 15 rings (SSSR count). The molecular formula is C84H83Cl2F14N15O9S3. The number of alkyl halides is 9. The summed E-state index contributed by atoms with van der Waals surface area (Å²) < 4.78 is 227. The number of thioether (sulfide) groups is 3. The summed E-state index contributed by atoms with van der Waals surface area (Å²) in [7, 11) is 5.24. The third kappa shape index (κ3) is 20.4. The first-order valence-corrected chi connectivity index (χ1v) is 43.5. The molecule has 678 valence electrons. The molecule has 3 atom stereocenters. The molecule has 0 saturated carbocycles. The monoisotopic (exact) mass is 1880 g/mol. The predicted octanol–water partition coefficient (Wildman–Crippen LogP) is 12.9. The Balaban J connectivity index is 0.000000163. The SMILES string of the molecule is C=CC(=O)N1CCN(c2nc(=O)n3c4c(c(-c5cc(Cl)c(F)cc5F)c(C(F)(F)F)cc24)SCC(OCCNC)C3)CC1.C=CC(=O)N1CCN(c2nc(=O)n3c4c(c(-c5ccc(F)c(Cl)c5)c(C(F)(F)F)cc24)SCC(OCCNC)C3)CC1.C=CC(=O)N1CCN(c2nc(=O)n3c4c(c(-c5ccc(F)cc5F)c(C(F)(F)F)cc24)SCC(OCCNC)C3)CC1. The van der Waals surface area contributed by atoms with Crippen LogP contribution in [0.25, 0.3) is 66.1 Å². The molecule has 0 spiro atoms. The molecule has 6 aliphatic heterocycles. The molecule has 9 aromatic rings. The number of hydrogen-bond donors (Lipinski definition) is 3. The Labute approximate surface area is 739 Å². The van der Waals surface area contributed by atoms with E-state index in [2.05, 4.69) is 50.6 Å². The number of amides is 3. The third-order valence-electron chi connectivity index (χ3n) is 21.9. The van der Waals surface area contributed by atoms with Crippen molar-refractivity contribution in [3.63, 3.8) is 0 Å². The second kappa shape index (κ2) is 40.0. The molecule has 3 saturated heterocycles. The quantitative estimate of drug-likeness (QED) is 0.0262. The van der Waals surface area contributed by atoms with Crippen LogP contribution >= 0.6 is 58.5 Å². The summed E-state index contributed by atoms with van der Waals surface area (Å²) in [6, 6.07) is 9.86. The molecule has 24 nitrogen and oxygen atoms in total. The maximum atomic E-state index is 15.2. The minimum absolute atomic E-state index is 0.00853. The van der Waals surface area contributed by atoms with E-state index in [-0.39, 0.29) is 202 Å². The fourth-order valence-corrected chi connectivity index (χ4v) is 19.9. The lowest BCUT2D eigenvalue weighted by molar-refractivity contribution is -0.137. The van der Waals surface area contributed by atoms with Gasteiger partial charge in [0.05, 0.1) is 101 Å². The largest absolute Gasteiger partial charge is 0.417 e. The first kappa shape index (κ1) is 94.8. The van der Waals surface area contributed by atoms with Crippen LogP contribution in [0.15, 0.2) is 134 Å². The standard InChI is InChI=1S/C28H27ClF5N5O3S.C28H28ClF4N5O3S.C28H28F5N5O3S/c1-3-22(40)37-5-7-38(8-6-37)26-17-10-18(28(32,33)34)23(16-11-19(29)21(31)12-20(16)30)25-24(17)39(27(41)36-26)13-15(14-43-25)42-9-4-35-2;1-3-22(39)36-7-9-37(10-8-36)26-18-13-19(28(31,32)33)23(16-4-5-21(30)20(29)12-16)25-24(18)38(27(40)35-26)14-17(15-42-25)41-11-6-34-2;1-3-22(39)36-7-9-37(10-8-36)26-19-13-20(28(31,32)33)23(18-5-4-16(29)12-21(18)30)25-24(19)38(27(40)35-26)14-17(15-42-25)41-11-6-34-2/h3,10-12,15,35H,1,4-9,13-14H2,2H3;2*3-5,12-13,17,34H,1,6-11,14-15H2,2H3. The second-order valence-corrected chi connectivity index (χ2v) is 33.7. The van der Waals surface area contributed by atoms with Crippen LogP contribution in [0.1, 0.15) is 16.7 Å². The topological polar surface area (TPSA) is 239 Å². The van der Waals surface area contributed by atoms with Crippen molar-refractivity contribution in [2.24, 2.45) is 0 Å². The third-order valence-corrected chi connectivity index (χ3v) is 26.2. The van der Waals surface area contributed by atoms with Gasteiger partial charge in [0.15, 0.2) is 0 Å². The molecule has 0 aliphatic carbocycles. The van der Waals surface area contributed by atoms with E-state index < -0.39 is 127 Å². The summed E-state index contributed by atoms with van der Waals surface area (Å²) >= 11 is 15.1. The number of nitrogens with one attached hydrogen (secondary N) is 3. The molecule has 3 unspecified atom stereocenters. The van der Waals surface area contributed by atoms with Crippen LogP contribution in [0, 0.1) is 29.1 Å². The zero-order valence-electron chi connectivity index (χ0n) is 68.2. The van der Waals surface area contributed by atoms with Crippen molar-refractivity contribution in [3.8, 4) is 33.4 Å². The zero-order valence-corrected chi connectivity index (χ0v) is 72.2. The number of aromatic nitrogens is 6. The van der Waals surface area contributed by atoms with Gasteiger partial charge in [-0.25, -0.2) is 36.3 Å². The molecule has 3 fully saturated rings. The van der Waals surface area contributed by atoms with Crippen molar-refractivity contribution in [1.82, 2.24) is 59.3 Å². The van der Waals surface area contributed by atoms with Crippen LogP contribution in [0.2, 0.25) is 10.0 Å². The maximum absolute atomic E-state index is 15.2. The number of anilines is 3. The molecule has 3 aromatic heterocycles. The molecule has 9 heterocycles. The minimum atomic E-state index is -4.98. The maximum Gasteiger partial charge on any atom is 0.417 e. The lowest BCUT2D eigenvalue weighted by Gasteiger charge is -2.35. The summed E-state index contributed by atoms with van der Waals surface area (Å²) in [5.41, 5.74) is -6.85. The highest BCUT2D eigenvalue weighted by atomic mass is 35.5. The average molecular weight is 1880 g/mol. The van der Waals surface area contributed by atoms with Gasteiger partial charge in [-0.1, -0.05) is 49.0 Å². The van der Waals surface area contributed by atoms with Gasteiger partial charge in [0.2, 0.25) is 17.7 Å². The Morgan fingerprint density at radius 2 is 0.764 bits per heavy atom. The highest BCUT2D eigenvalue weighted by Crippen LogP contribution is 2.54. The summed E-state index contributed by atoms with van der Waals surface area (Å²) in [4.78, 5) is 99.6. The van der Waals surface area contributed by atoms with Crippen molar-refractivity contribution in [1.29, 1.82) is 0 Å². The Morgan fingerprint density at radius 3 is 1.09 bits per heavy atom. The van der Waals surface area contributed by atoms with E-state index in [0.717, 1.165) is 83.8 Å². The highest BCUT2D eigenvalue weighted by molar-refractivity contribution is 8.00. The molecule has 0 radical (unpaired) electrons. The fourth-order valence-electron chi connectivity index (χ4n) is 15.8. The highest BCUT2D eigenvalue weighted by Gasteiger charge is 2.44. The predicted molar refractivity (Wildman–Crippen MR) is 459 cm³/mol. The van der Waals surface area contributed by atoms with Crippen LogP contribution in [-0.4, -0.2) is 236 Å². The van der Waals surface area contributed by atoms with Gasteiger partial charge in [0.25, 0.3) is 0 Å². The van der Waals surface area contributed by atoms with Gasteiger partial charge in [-0.2, -0.15) is 54.5 Å². The Bertz CT molecular complexity index is 5950. The number of hydrogen-bond acceptors (Lipinski definition) is 21. The molecule has 0 bridgehead atoms. The van der Waals surface area contributed by atoms with Crippen LogP contribution in [0.3, 0.4) is 0 Å². The molecule has 6 aliphatic rings. The van der Waals surface area contributed by atoms with E-state index in [9.17, 15) is 81.5 Å². The normalized spacial score (nSPS) is 17.4. The van der Waals surface area contributed by atoms with Crippen LogP contribution < -0.4 is 47.7 Å². The Hall–Kier alpha value is -9.82. The summed E-state index contributed by atoms with van der Waals surface area (Å²) in [6.07, 6.45) is -12.8. The summed E-state index contributed by atoms with van der Waals surface area (Å²) in [5, 5.41) is 8.25. The average Bonchev–Trinajstić information content (AvgIpc) is 1.69. The molecule has 43 heteroatoms. The van der Waals surface area contributed by atoms with Gasteiger partial charge < -0.3 is 59.6 Å². The minimum Gasteiger partial charge on any atom is -0.374 e. The first-order valence-electron chi connectivity index (χ1n) is 39.8. The lowest BCUT2D eigenvalue weighted by Crippen LogP contribution is -2.49. The van der Waals surface area contributed by atoms with Gasteiger partial charge >= 0.3 is 35.6 Å². The second-order valence-electron chi connectivity index (χ2n) is 29.8. The first-order chi connectivity index (χ1) is 60.5. The number of nitrogens with zero attached hydrogens (tertiary/aromatic N) is 12. The number of rotatable bonds is 21. The lowest BCUT2D eigenvalue weighted by atomic mass is 9.95.